The van der Waals surface area contributed by atoms with Gasteiger partial charge in [-0.3, -0.25) is 4.79 Å². The van der Waals surface area contributed by atoms with Crippen LogP contribution in [0.3, 0.4) is 0 Å². The number of hydrogen-bond acceptors (Lipinski definition) is 4. The number of hydrogen-bond donors (Lipinski definition) is 1. The van der Waals surface area contributed by atoms with Gasteiger partial charge in [0.05, 0.1) is 17.8 Å². The molecule has 2 heterocycles. The van der Waals surface area contributed by atoms with Crippen LogP contribution in [0.4, 0.5) is 5.69 Å². The summed E-state index contributed by atoms with van der Waals surface area (Å²) in [6.45, 7) is 6.34. The van der Waals surface area contributed by atoms with Gasteiger partial charge in [0.1, 0.15) is 0 Å². The lowest BCUT2D eigenvalue weighted by molar-refractivity contribution is -0.115. The number of anilines is 1. The normalized spacial score (nSPS) is 11.0. The Morgan fingerprint density at radius 3 is 2.70 bits per heavy atom. The number of amides is 1. The average molecular weight is 447 g/mol. The van der Waals surface area contributed by atoms with E-state index >= 15 is 0 Å². The Morgan fingerprint density at radius 2 is 2.00 bits per heavy atom. The van der Waals surface area contributed by atoms with E-state index in [9.17, 15) is 4.79 Å². The highest BCUT2D eigenvalue weighted by Gasteiger charge is 2.15. The number of aromatic nitrogens is 3. The summed E-state index contributed by atoms with van der Waals surface area (Å²) in [5.74, 6) is -0.0776. The summed E-state index contributed by atoms with van der Waals surface area (Å²) in [4.78, 5) is 16.9. The molecule has 1 N–H and O–H groups in total. The monoisotopic (exact) mass is 446 g/mol. The number of unbranched alkanes of at least 4 members (excludes halogenated alkanes) is 1. The van der Waals surface area contributed by atoms with Gasteiger partial charge in [-0.2, -0.15) is 5.10 Å². The molecular formula is C20H23BrN4OS. The minimum Gasteiger partial charge on any atom is -0.326 e. The fourth-order valence-corrected chi connectivity index (χ4v) is 4.04. The summed E-state index contributed by atoms with van der Waals surface area (Å²) in [7, 11) is 0. The van der Waals surface area contributed by atoms with Crippen molar-refractivity contribution in [1.29, 1.82) is 0 Å². The third-order valence-electron chi connectivity index (χ3n) is 4.41. The van der Waals surface area contributed by atoms with Gasteiger partial charge in [0.25, 0.3) is 0 Å². The molecular weight excluding hydrogens is 424 g/mol. The minimum absolute atomic E-state index is 0.0776. The molecule has 0 aliphatic rings. The molecule has 5 nitrogen and oxygen atoms in total. The van der Waals surface area contributed by atoms with E-state index in [4.69, 9.17) is 0 Å². The van der Waals surface area contributed by atoms with Crippen LogP contribution < -0.4 is 5.32 Å². The summed E-state index contributed by atoms with van der Waals surface area (Å²) in [5, 5.41) is 10.3. The number of rotatable bonds is 7. The molecule has 1 aromatic carbocycles. The van der Waals surface area contributed by atoms with Gasteiger partial charge in [0, 0.05) is 21.2 Å². The molecule has 2 aromatic heterocycles. The van der Waals surface area contributed by atoms with E-state index in [2.05, 4.69) is 52.1 Å². The van der Waals surface area contributed by atoms with E-state index in [-0.39, 0.29) is 12.3 Å². The molecule has 7 heteroatoms. The molecule has 142 valence electrons. The highest BCUT2D eigenvalue weighted by Crippen LogP contribution is 2.22. The van der Waals surface area contributed by atoms with E-state index in [1.807, 2.05) is 34.3 Å². The zero-order chi connectivity index (χ0) is 19.4. The van der Waals surface area contributed by atoms with Crippen molar-refractivity contribution < 1.29 is 4.79 Å². The predicted octanol–water partition coefficient (Wildman–Crippen LogP) is 5.23. The second-order valence-electron chi connectivity index (χ2n) is 6.52. The summed E-state index contributed by atoms with van der Waals surface area (Å²) in [6, 6.07) is 7.52. The molecule has 0 aliphatic carbocycles. The molecule has 3 rings (SSSR count). The standard InChI is InChI=1S/C20H23BrN4OS/c1-4-5-6-18-13(2)24-25(14(18)3)20-23-17(12-27-20)11-19(26)22-16-9-7-15(21)8-10-16/h7-10,12H,4-6,11H2,1-3H3,(H,22,26). The van der Waals surface area contributed by atoms with Crippen molar-refractivity contribution in [2.24, 2.45) is 0 Å². The predicted molar refractivity (Wildman–Crippen MR) is 114 cm³/mol. The van der Waals surface area contributed by atoms with E-state index in [1.165, 1.54) is 23.3 Å². The summed E-state index contributed by atoms with van der Waals surface area (Å²) in [6.07, 6.45) is 3.61. The molecule has 27 heavy (non-hydrogen) atoms. The van der Waals surface area contributed by atoms with E-state index in [1.54, 1.807) is 0 Å². The van der Waals surface area contributed by atoms with Gasteiger partial charge in [0.15, 0.2) is 0 Å². The quantitative estimate of drug-likeness (QED) is 0.540. The third kappa shape index (κ3) is 4.84. The van der Waals surface area contributed by atoms with E-state index in [0.717, 1.165) is 45.2 Å². The lowest BCUT2D eigenvalue weighted by Crippen LogP contribution is -2.14. The lowest BCUT2D eigenvalue weighted by Gasteiger charge is -2.04. The van der Waals surface area contributed by atoms with Crippen LogP contribution >= 0.6 is 27.3 Å². The van der Waals surface area contributed by atoms with Gasteiger partial charge in [-0.15, -0.1) is 11.3 Å². The Balaban J connectivity index is 1.69. The number of nitrogens with one attached hydrogen (secondary N) is 1. The zero-order valence-electron chi connectivity index (χ0n) is 15.8. The van der Waals surface area contributed by atoms with Crippen LogP contribution in [0.25, 0.3) is 5.13 Å². The second kappa shape index (κ2) is 8.80. The van der Waals surface area contributed by atoms with Gasteiger partial charge in [-0.1, -0.05) is 29.3 Å². The molecule has 0 fully saturated rings. The molecule has 0 aliphatic heterocycles. The number of halogens is 1. The minimum atomic E-state index is -0.0776. The van der Waals surface area contributed by atoms with Gasteiger partial charge in [0.2, 0.25) is 11.0 Å². The number of nitrogens with zero attached hydrogens (tertiary/aromatic N) is 3. The third-order valence-corrected chi connectivity index (χ3v) is 5.81. The number of carbonyl (C=O) groups is 1. The average Bonchev–Trinajstić information content (AvgIpc) is 3.20. The summed E-state index contributed by atoms with van der Waals surface area (Å²) in [5.41, 5.74) is 5.04. The molecule has 0 saturated heterocycles. The second-order valence-corrected chi connectivity index (χ2v) is 8.27. The van der Waals surface area contributed by atoms with Crippen LogP contribution in [0, 0.1) is 13.8 Å². The van der Waals surface area contributed by atoms with E-state index in [0.29, 0.717) is 0 Å². The maximum absolute atomic E-state index is 12.3. The Bertz CT molecular complexity index is 930. The Morgan fingerprint density at radius 1 is 1.26 bits per heavy atom. The number of carbonyl (C=O) groups excluding carboxylic acids is 1. The van der Waals surface area contributed by atoms with Gasteiger partial charge in [-0.05, 0) is 56.5 Å². The van der Waals surface area contributed by atoms with Crippen LogP contribution in [-0.2, 0) is 17.6 Å². The Labute approximate surface area is 172 Å². The molecule has 0 saturated carbocycles. The first-order valence-electron chi connectivity index (χ1n) is 9.03. The largest absolute Gasteiger partial charge is 0.326 e. The van der Waals surface area contributed by atoms with Gasteiger partial charge < -0.3 is 5.32 Å². The van der Waals surface area contributed by atoms with Crippen LogP contribution in [0.15, 0.2) is 34.1 Å². The van der Waals surface area contributed by atoms with Gasteiger partial charge in [-0.25, -0.2) is 9.67 Å². The van der Waals surface area contributed by atoms with Crippen LogP contribution in [0.5, 0.6) is 0 Å². The van der Waals surface area contributed by atoms with Crippen LogP contribution in [-0.4, -0.2) is 20.7 Å². The fourth-order valence-electron chi connectivity index (χ4n) is 2.95. The zero-order valence-corrected chi connectivity index (χ0v) is 18.2. The fraction of sp³-hybridized carbons (Fsp3) is 0.350. The van der Waals surface area contributed by atoms with Crippen LogP contribution in [0.2, 0.25) is 0 Å². The first-order valence-corrected chi connectivity index (χ1v) is 10.7. The molecule has 0 spiro atoms. The number of thiazole rings is 1. The van der Waals surface area contributed by atoms with Crippen molar-refractivity contribution >= 4 is 38.9 Å². The highest BCUT2D eigenvalue weighted by molar-refractivity contribution is 9.10. The molecule has 3 aromatic rings. The van der Waals surface area contributed by atoms with Crippen molar-refractivity contribution in [3.8, 4) is 5.13 Å². The first-order chi connectivity index (χ1) is 13.0. The van der Waals surface area contributed by atoms with Crippen molar-refractivity contribution in [2.75, 3.05) is 5.32 Å². The summed E-state index contributed by atoms with van der Waals surface area (Å²) >= 11 is 4.90. The maximum atomic E-state index is 12.3. The van der Waals surface area contributed by atoms with Crippen molar-refractivity contribution in [2.45, 2.75) is 46.5 Å². The number of benzene rings is 1. The Hall–Kier alpha value is -1.99. The van der Waals surface area contributed by atoms with Crippen molar-refractivity contribution in [1.82, 2.24) is 14.8 Å². The summed E-state index contributed by atoms with van der Waals surface area (Å²) < 4.78 is 2.88. The van der Waals surface area contributed by atoms with Crippen LogP contribution in [0.1, 0.15) is 42.4 Å². The topological polar surface area (TPSA) is 59.8 Å². The highest BCUT2D eigenvalue weighted by atomic mass is 79.9. The molecule has 0 atom stereocenters. The van der Waals surface area contributed by atoms with Gasteiger partial charge >= 0.3 is 0 Å². The maximum Gasteiger partial charge on any atom is 0.230 e. The molecule has 0 radical (unpaired) electrons. The lowest BCUT2D eigenvalue weighted by atomic mass is 10.1. The first kappa shape index (κ1) is 19.8. The number of aryl methyl sites for hydroxylation is 1. The SMILES string of the molecule is CCCCc1c(C)nn(-c2nc(CC(=O)Nc3ccc(Br)cc3)cs2)c1C. The Kier molecular flexibility index (Phi) is 6.44. The molecule has 0 unspecified atom stereocenters. The molecule has 0 bridgehead atoms. The van der Waals surface area contributed by atoms with Crippen molar-refractivity contribution in [3.05, 3.63) is 56.8 Å². The van der Waals surface area contributed by atoms with E-state index < -0.39 is 0 Å². The smallest absolute Gasteiger partial charge is 0.230 e. The van der Waals surface area contributed by atoms with Crippen molar-refractivity contribution in [3.63, 3.8) is 0 Å². The molecule has 1 amide bonds.